The SMILES string of the molecule is Cc1nc2nc(C(F)(F)F)nn2c(C)c1CCC(=O)NCc1ccc(NC(=O)c2ccco2)cc1. The summed E-state index contributed by atoms with van der Waals surface area (Å²) in [5.41, 5.74) is 3.00. The molecule has 9 nitrogen and oxygen atoms in total. The summed E-state index contributed by atoms with van der Waals surface area (Å²) in [6.45, 7) is 3.56. The van der Waals surface area contributed by atoms with Crippen molar-refractivity contribution >= 4 is 23.3 Å². The van der Waals surface area contributed by atoms with Gasteiger partial charge in [0.05, 0.1) is 6.26 Å². The maximum Gasteiger partial charge on any atom is 0.453 e. The number of nitrogens with one attached hydrogen (secondary N) is 2. The fourth-order valence-corrected chi connectivity index (χ4v) is 3.52. The van der Waals surface area contributed by atoms with E-state index in [-0.39, 0.29) is 42.7 Å². The lowest BCUT2D eigenvalue weighted by Crippen LogP contribution is -2.23. The van der Waals surface area contributed by atoms with Crippen LogP contribution >= 0.6 is 0 Å². The number of anilines is 1. The Morgan fingerprint density at radius 1 is 1.09 bits per heavy atom. The van der Waals surface area contributed by atoms with Crippen LogP contribution in [0.25, 0.3) is 5.78 Å². The zero-order chi connectivity index (χ0) is 25.2. The van der Waals surface area contributed by atoms with Crippen LogP contribution in [-0.2, 0) is 23.9 Å². The summed E-state index contributed by atoms with van der Waals surface area (Å²) in [6, 6.07) is 10.1. The first-order chi connectivity index (χ1) is 16.6. The van der Waals surface area contributed by atoms with Crippen molar-refractivity contribution in [3.05, 3.63) is 76.8 Å². The number of nitrogens with zero attached hydrogens (tertiary/aromatic N) is 4. The van der Waals surface area contributed by atoms with Gasteiger partial charge in [-0.25, -0.2) is 9.50 Å². The maximum atomic E-state index is 12.9. The summed E-state index contributed by atoms with van der Waals surface area (Å²) < 4.78 is 44.9. The van der Waals surface area contributed by atoms with Gasteiger partial charge in [-0.3, -0.25) is 9.59 Å². The van der Waals surface area contributed by atoms with Crippen LogP contribution in [0, 0.1) is 13.8 Å². The van der Waals surface area contributed by atoms with E-state index in [4.69, 9.17) is 4.42 Å². The molecule has 3 aromatic heterocycles. The molecular formula is C23H21F3N6O3. The van der Waals surface area contributed by atoms with Crippen LogP contribution in [0.2, 0.25) is 0 Å². The third-order valence-electron chi connectivity index (χ3n) is 5.35. The zero-order valence-corrected chi connectivity index (χ0v) is 18.8. The number of hydrogen-bond acceptors (Lipinski definition) is 6. The zero-order valence-electron chi connectivity index (χ0n) is 18.8. The minimum Gasteiger partial charge on any atom is -0.459 e. The normalized spacial score (nSPS) is 11.6. The van der Waals surface area contributed by atoms with Gasteiger partial charge in [0.25, 0.3) is 17.5 Å². The highest BCUT2D eigenvalue weighted by Crippen LogP contribution is 2.27. The van der Waals surface area contributed by atoms with E-state index in [9.17, 15) is 22.8 Å². The molecule has 0 bridgehead atoms. The lowest BCUT2D eigenvalue weighted by Gasteiger charge is -2.11. The molecule has 35 heavy (non-hydrogen) atoms. The van der Waals surface area contributed by atoms with E-state index < -0.39 is 12.0 Å². The van der Waals surface area contributed by atoms with Gasteiger partial charge in [-0.15, -0.1) is 5.10 Å². The number of fused-ring (bicyclic) bond motifs is 1. The van der Waals surface area contributed by atoms with Gasteiger partial charge in [0.1, 0.15) is 0 Å². The van der Waals surface area contributed by atoms with E-state index in [1.165, 1.54) is 6.26 Å². The lowest BCUT2D eigenvalue weighted by atomic mass is 10.1. The van der Waals surface area contributed by atoms with E-state index in [0.717, 1.165) is 10.1 Å². The Bertz CT molecular complexity index is 1360. The number of carbonyl (C=O) groups excluding carboxylic acids is 2. The molecule has 3 heterocycles. The standard InChI is InChI=1S/C23H21F3N6O3/c1-13-17(14(2)32-22(28-13)30-21(31-32)23(24,25)26)9-10-19(33)27-12-15-5-7-16(8-6-15)29-20(34)18-4-3-11-35-18/h3-8,11H,9-10,12H2,1-2H3,(H,27,33)(H,29,34). The summed E-state index contributed by atoms with van der Waals surface area (Å²) in [7, 11) is 0. The van der Waals surface area contributed by atoms with Gasteiger partial charge in [-0.05, 0) is 55.7 Å². The fourth-order valence-electron chi connectivity index (χ4n) is 3.52. The van der Waals surface area contributed by atoms with Crippen molar-refractivity contribution in [1.82, 2.24) is 24.9 Å². The van der Waals surface area contributed by atoms with Crippen LogP contribution in [-0.4, -0.2) is 31.4 Å². The Kier molecular flexibility index (Phi) is 6.54. The molecule has 4 aromatic rings. The highest BCUT2D eigenvalue weighted by atomic mass is 19.4. The summed E-state index contributed by atoms with van der Waals surface area (Å²) in [4.78, 5) is 31.9. The lowest BCUT2D eigenvalue weighted by molar-refractivity contribution is -0.144. The minimum atomic E-state index is -4.67. The number of rotatable bonds is 7. The first-order valence-electron chi connectivity index (χ1n) is 10.6. The van der Waals surface area contributed by atoms with Crippen LogP contribution in [0.5, 0.6) is 0 Å². The van der Waals surface area contributed by atoms with E-state index in [2.05, 4.69) is 25.7 Å². The average molecular weight is 486 g/mol. The first kappa shape index (κ1) is 23.9. The van der Waals surface area contributed by atoms with Crippen LogP contribution in [0.1, 0.15) is 45.3 Å². The number of carbonyl (C=O) groups is 2. The van der Waals surface area contributed by atoms with Crippen LogP contribution < -0.4 is 10.6 Å². The number of hydrogen-bond donors (Lipinski definition) is 2. The van der Waals surface area contributed by atoms with Gasteiger partial charge in [-0.1, -0.05) is 12.1 Å². The van der Waals surface area contributed by atoms with Crippen LogP contribution in [0.15, 0.2) is 47.1 Å². The van der Waals surface area contributed by atoms with Crippen molar-refractivity contribution in [2.75, 3.05) is 5.32 Å². The smallest absolute Gasteiger partial charge is 0.453 e. The predicted molar refractivity (Wildman–Crippen MR) is 119 cm³/mol. The summed E-state index contributed by atoms with van der Waals surface area (Å²) in [5, 5.41) is 9.03. The number of aryl methyl sites for hydroxylation is 2. The molecule has 0 atom stereocenters. The molecule has 0 spiro atoms. The Morgan fingerprint density at radius 3 is 2.49 bits per heavy atom. The molecule has 0 radical (unpaired) electrons. The number of aromatic nitrogens is 4. The molecule has 0 saturated carbocycles. The quantitative estimate of drug-likeness (QED) is 0.410. The highest BCUT2D eigenvalue weighted by Gasteiger charge is 2.37. The molecule has 0 aliphatic carbocycles. The van der Waals surface area contributed by atoms with Gasteiger partial charge in [-0.2, -0.15) is 18.2 Å². The maximum absolute atomic E-state index is 12.9. The third-order valence-corrected chi connectivity index (χ3v) is 5.35. The molecule has 182 valence electrons. The Hall–Kier alpha value is -4.22. The Labute approximate surface area is 197 Å². The van der Waals surface area contributed by atoms with Crippen LogP contribution in [0.3, 0.4) is 0 Å². The number of alkyl halides is 3. The molecule has 0 saturated heterocycles. The molecule has 12 heteroatoms. The molecular weight excluding hydrogens is 465 g/mol. The first-order valence-corrected chi connectivity index (χ1v) is 10.6. The summed E-state index contributed by atoms with van der Waals surface area (Å²) >= 11 is 0. The fraction of sp³-hybridized carbons (Fsp3) is 0.261. The predicted octanol–water partition coefficient (Wildman–Crippen LogP) is 3.85. The van der Waals surface area contributed by atoms with Crippen molar-refractivity contribution in [3.63, 3.8) is 0 Å². The second kappa shape index (κ2) is 9.57. The second-order valence-electron chi connectivity index (χ2n) is 7.81. The van der Waals surface area contributed by atoms with Crippen molar-refractivity contribution < 1.29 is 27.2 Å². The van der Waals surface area contributed by atoms with Crippen LogP contribution in [0.4, 0.5) is 18.9 Å². The Balaban J connectivity index is 1.32. The van der Waals surface area contributed by atoms with Crippen molar-refractivity contribution in [3.8, 4) is 0 Å². The number of furan rings is 1. The monoisotopic (exact) mass is 486 g/mol. The van der Waals surface area contributed by atoms with Crippen molar-refractivity contribution in [2.45, 2.75) is 39.4 Å². The second-order valence-corrected chi connectivity index (χ2v) is 7.81. The topological polar surface area (TPSA) is 114 Å². The van der Waals surface area contributed by atoms with E-state index in [1.54, 1.807) is 50.2 Å². The summed E-state index contributed by atoms with van der Waals surface area (Å²) in [5.74, 6) is -1.78. The molecule has 0 aliphatic heterocycles. The molecule has 1 aromatic carbocycles. The molecule has 0 aliphatic rings. The molecule has 0 fully saturated rings. The van der Waals surface area contributed by atoms with Gasteiger partial charge in [0.2, 0.25) is 5.91 Å². The largest absolute Gasteiger partial charge is 0.459 e. The molecule has 4 rings (SSSR count). The van der Waals surface area contributed by atoms with Gasteiger partial charge < -0.3 is 15.1 Å². The van der Waals surface area contributed by atoms with E-state index in [1.807, 2.05) is 0 Å². The minimum absolute atomic E-state index is 0.118. The molecule has 2 N–H and O–H groups in total. The van der Waals surface area contributed by atoms with E-state index >= 15 is 0 Å². The number of benzene rings is 1. The summed E-state index contributed by atoms with van der Waals surface area (Å²) in [6.07, 6.45) is -2.86. The van der Waals surface area contributed by atoms with Crippen molar-refractivity contribution in [1.29, 1.82) is 0 Å². The average Bonchev–Trinajstić information content (AvgIpc) is 3.49. The van der Waals surface area contributed by atoms with Gasteiger partial charge >= 0.3 is 6.18 Å². The third kappa shape index (κ3) is 5.48. The molecule has 0 unspecified atom stereocenters. The molecule has 2 amide bonds. The van der Waals surface area contributed by atoms with Gasteiger partial charge in [0, 0.05) is 30.0 Å². The van der Waals surface area contributed by atoms with E-state index in [0.29, 0.717) is 22.6 Å². The van der Waals surface area contributed by atoms with Crippen molar-refractivity contribution in [2.24, 2.45) is 0 Å². The van der Waals surface area contributed by atoms with Gasteiger partial charge in [0.15, 0.2) is 5.76 Å². The highest BCUT2D eigenvalue weighted by molar-refractivity contribution is 6.02. The number of halogens is 3. The number of amides is 2. The Morgan fingerprint density at radius 2 is 1.83 bits per heavy atom.